The number of nitrogens with one attached hydrogen (secondary N) is 3. The molecule has 4 amide bonds. The van der Waals surface area contributed by atoms with Crippen molar-refractivity contribution in [1.82, 2.24) is 16.0 Å². The van der Waals surface area contributed by atoms with Gasteiger partial charge in [-0.3, -0.25) is 14.9 Å². The van der Waals surface area contributed by atoms with Crippen LogP contribution in [-0.4, -0.2) is 36.2 Å². The maximum Gasteiger partial charge on any atom is 0.322 e. The molecule has 146 valence electrons. The number of imide groups is 1. The highest BCUT2D eigenvalue weighted by atomic mass is 32.2. The smallest absolute Gasteiger partial charge is 0.322 e. The maximum absolute atomic E-state index is 12.7. The Morgan fingerprint density at radius 3 is 2.50 bits per heavy atom. The first-order valence-electron chi connectivity index (χ1n) is 8.68. The number of hydrogen-bond acceptors (Lipinski definition) is 5. The van der Waals surface area contributed by atoms with E-state index in [2.05, 4.69) is 16.0 Å². The molecule has 0 radical (unpaired) electrons. The van der Waals surface area contributed by atoms with Crippen LogP contribution in [0.1, 0.15) is 22.8 Å². The molecule has 2 aromatic rings. The molecule has 1 aliphatic heterocycles. The minimum Gasteiger partial charge on any atom is -0.497 e. The van der Waals surface area contributed by atoms with Crippen molar-refractivity contribution in [3.8, 4) is 5.75 Å². The molecule has 8 heteroatoms. The fraction of sp³-hybridized carbons (Fsp3) is 0.250. The zero-order valence-corrected chi connectivity index (χ0v) is 16.4. The lowest BCUT2D eigenvalue weighted by molar-refractivity contribution is -0.122. The highest BCUT2D eigenvalue weighted by Crippen LogP contribution is 2.27. The van der Waals surface area contributed by atoms with Gasteiger partial charge >= 0.3 is 6.03 Å². The summed E-state index contributed by atoms with van der Waals surface area (Å²) in [5.74, 6) is 0.497. The average Bonchev–Trinajstić information content (AvgIpc) is 2.97. The first kappa shape index (κ1) is 19.8. The van der Waals surface area contributed by atoms with E-state index in [1.54, 1.807) is 26.2 Å². The lowest BCUT2D eigenvalue weighted by atomic mass is 10.1. The Kier molecular flexibility index (Phi) is 5.89. The van der Waals surface area contributed by atoms with Crippen LogP contribution in [0.2, 0.25) is 0 Å². The van der Waals surface area contributed by atoms with Crippen molar-refractivity contribution in [2.24, 2.45) is 0 Å². The van der Waals surface area contributed by atoms with E-state index in [-0.39, 0.29) is 11.8 Å². The molecule has 7 nitrogen and oxygen atoms in total. The molecule has 2 aromatic carbocycles. The number of thioether (sulfide) groups is 1. The maximum atomic E-state index is 12.7. The van der Waals surface area contributed by atoms with Crippen LogP contribution in [0, 0.1) is 0 Å². The van der Waals surface area contributed by atoms with Crippen molar-refractivity contribution < 1.29 is 19.1 Å². The number of carbonyl (C=O) groups excluding carboxylic acids is 3. The number of benzene rings is 2. The molecule has 0 saturated carbocycles. The minimum absolute atomic E-state index is 0.205. The molecule has 1 saturated heterocycles. The molecular formula is C20H21N3O4S. The fourth-order valence-corrected chi connectivity index (χ4v) is 3.84. The van der Waals surface area contributed by atoms with Crippen LogP contribution in [0.15, 0.2) is 53.4 Å². The highest BCUT2D eigenvalue weighted by Gasteiger charge is 2.41. The summed E-state index contributed by atoms with van der Waals surface area (Å²) < 4.78 is 5.13. The Morgan fingerprint density at radius 1 is 1.14 bits per heavy atom. The van der Waals surface area contributed by atoms with E-state index in [9.17, 15) is 14.4 Å². The molecule has 0 aromatic heterocycles. The molecule has 3 N–H and O–H groups in total. The summed E-state index contributed by atoms with van der Waals surface area (Å²) in [6, 6.07) is 14.1. The van der Waals surface area contributed by atoms with Gasteiger partial charge in [0, 0.05) is 17.2 Å². The summed E-state index contributed by atoms with van der Waals surface area (Å²) in [5, 5.41) is 7.77. The largest absolute Gasteiger partial charge is 0.497 e. The van der Waals surface area contributed by atoms with Crippen molar-refractivity contribution in [3.63, 3.8) is 0 Å². The number of methoxy groups -OCH3 is 1. The zero-order valence-electron chi connectivity index (χ0n) is 15.6. The van der Waals surface area contributed by atoms with Gasteiger partial charge in [0.2, 0.25) is 0 Å². The number of amides is 4. The Bertz CT molecular complexity index is 901. The van der Waals surface area contributed by atoms with Gasteiger partial charge in [-0.1, -0.05) is 24.3 Å². The van der Waals surface area contributed by atoms with Gasteiger partial charge < -0.3 is 15.4 Å². The summed E-state index contributed by atoms with van der Waals surface area (Å²) in [6.07, 6.45) is 0. The van der Waals surface area contributed by atoms with Gasteiger partial charge in [-0.2, -0.15) is 0 Å². The minimum atomic E-state index is -1.01. The van der Waals surface area contributed by atoms with Gasteiger partial charge in [-0.05, 0) is 36.8 Å². The standard InChI is InChI=1S/C20H21N3O4S/c1-20(18(25)22-19(26)23-20)12-28-16-6-4-3-5-15(16)17(24)21-11-13-7-9-14(27-2)10-8-13/h3-10H,11-12H2,1-2H3,(H,21,24)(H2,22,23,25,26)/t20-/m0/s1. The van der Waals surface area contributed by atoms with Gasteiger partial charge in [0.05, 0.1) is 12.7 Å². The fourth-order valence-electron chi connectivity index (χ4n) is 2.70. The van der Waals surface area contributed by atoms with Crippen LogP contribution < -0.4 is 20.7 Å². The van der Waals surface area contributed by atoms with E-state index >= 15 is 0 Å². The third kappa shape index (κ3) is 4.45. The Hall–Kier alpha value is -3.00. The molecule has 0 aliphatic carbocycles. The molecule has 1 heterocycles. The second-order valence-corrected chi connectivity index (χ2v) is 7.57. The summed E-state index contributed by atoms with van der Waals surface area (Å²) in [7, 11) is 1.60. The lowest BCUT2D eigenvalue weighted by Crippen LogP contribution is -2.46. The van der Waals surface area contributed by atoms with Gasteiger partial charge in [-0.15, -0.1) is 11.8 Å². The SMILES string of the molecule is COc1ccc(CNC(=O)c2ccccc2SC[C@]2(C)NC(=O)NC2=O)cc1. The number of ether oxygens (including phenoxy) is 1. The van der Waals surface area contributed by atoms with E-state index in [0.29, 0.717) is 17.9 Å². The third-order valence-corrected chi connectivity index (χ3v) is 5.77. The van der Waals surface area contributed by atoms with Crippen LogP contribution in [0.25, 0.3) is 0 Å². The van der Waals surface area contributed by atoms with Crippen LogP contribution in [-0.2, 0) is 11.3 Å². The number of urea groups is 1. The Morgan fingerprint density at radius 2 is 1.86 bits per heavy atom. The molecule has 0 spiro atoms. The van der Waals surface area contributed by atoms with Gasteiger partial charge in [0.1, 0.15) is 11.3 Å². The second kappa shape index (κ2) is 8.35. The van der Waals surface area contributed by atoms with Crippen LogP contribution in [0.5, 0.6) is 5.75 Å². The molecule has 0 bridgehead atoms. The quantitative estimate of drug-likeness (QED) is 0.490. The highest BCUT2D eigenvalue weighted by molar-refractivity contribution is 7.99. The van der Waals surface area contributed by atoms with Crippen molar-refractivity contribution in [1.29, 1.82) is 0 Å². The normalized spacial score (nSPS) is 18.4. The predicted molar refractivity (Wildman–Crippen MR) is 106 cm³/mol. The van der Waals surface area contributed by atoms with E-state index in [1.165, 1.54) is 11.8 Å². The van der Waals surface area contributed by atoms with Crippen molar-refractivity contribution >= 4 is 29.6 Å². The third-order valence-electron chi connectivity index (χ3n) is 4.38. The van der Waals surface area contributed by atoms with Gasteiger partial charge in [-0.25, -0.2) is 4.79 Å². The summed E-state index contributed by atoms with van der Waals surface area (Å²) >= 11 is 1.35. The summed E-state index contributed by atoms with van der Waals surface area (Å²) in [5.41, 5.74) is 0.473. The summed E-state index contributed by atoms with van der Waals surface area (Å²) in [4.78, 5) is 36.7. The van der Waals surface area contributed by atoms with Crippen LogP contribution in [0.3, 0.4) is 0 Å². The Labute approximate surface area is 167 Å². The topological polar surface area (TPSA) is 96.5 Å². The van der Waals surface area contributed by atoms with Crippen molar-refractivity contribution in [2.45, 2.75) is 23.9 Å². The van der Waals surface area contributed by atoms with E-state index < -0.39 is 11.6 Å². The molecule has 1 aliphatic rings. The first-order valence-corrected chi connectivity index (χ1v) is 9.66. The number of rotatable bonds is 7. The van der Waals surface area contributed by atoms with Gasteiger partial charge in [0.15, 0.2) is 0 Å². The van der Waals surface area contributed by atoms with Crippen molar-refractivity contribution in [2.75, 3.05) is 12.9 Å². The van der Waals surface area contributed by atoms with Crippen LogP contribution >= 0.6 is 11.8 Å². The molecule has 0 unspecified atom stereocenters. The lowest BCUT2D eigenvalue weighted by Gasteiger charge is -2.20. The molecule has 28 heavy (non-hydrogen) atoms. The first-order chi connectivity index (χ1) is 13.4. The molecule has 1 fully saturated rings. The van der Waals surface area contributed by atoms with Crippen molar-refractivity contribution in [3.05, 3.63) is 59.7 Å². The van der Waals surface area contributed by atoms with E-state index in [1.807, 2.05) is 36.4 Å². The monoisotopic (exact) mass is 399 g/mol. The Balaban J connectivity index is 1.64. The average molecular weight is 399 g/mol. The second-order valence-electron chi connectivity index (χ2n) is 6.56. The number of carbonyl (C=O) groups is 3. The molecule has 1 atom stereocenters. The number of hydrogen-bond donors (Lipinski definition) is 3. The summed E-state index contributed by atoms with van der Waals surface area (Å²) in [6.45, 7) is 2.05. The zero-order chi connectivity index (χ0) is 20.1. The van der Waals surface area contributed by atoms with Gasteiger partial charge in [0.25, 0.3) is 11.8 Å². The van der Waals surface area contributed by atoms with Crippen LogP contribution in [0.4, 0.5) is 4.79 Å². The van der Waals surface area contributed by atoms with E-state index in [0.717, 1.165) is 16.2 Å². The van der Waals surface area contributed by atoms with E-state index in [4.69, 9.17) is 4.74 Å². The predicted octanol–water partition coefficient (Wildman–Crippen LogP) is 2.32. The molecular weight excluding hydrogens is 378 g/mol. The molecule has 3 rings (SSSR count).